The highest BCUT2D eigenvalue weighted by molar-refractivity contribution is 7.10. The van der Waals surface area contributed by atoms with Crippen molar-refractivity contribution in [3.05, 3.63) is 21.9 Å². The van der Waals surface area contributed by atoms with E-state index in [1.807, 2.05) is 11.3 Å². The molecule has 1 aliphatic rings. The monoisotopic (exact) mass is 308 g/mol. The van der Waals surface area contributed by atoms with Crippen LogP contribution < -0.4 is 5.32 Å². The fraction of sp³-hybridized carbons (Fsp3) is 0.778. The summed E-state index contributed by atoms with van der Waals surface area (Å²) in [6.07, 6.45) is 3.80. The molecule has 120 valence electrons. The smallest absolute Gasteiger partial charge is 0.0245 e. The lowest BCUT2D eigenvalue weighted by molar-refractivity contribution is 0.131. The Kier molecular flexibility index (Phi) is 5.50. The molecule has 1 aromatic rings. The minimum Gasteiger partial charge on any atom is -0.311 e. The van der Waals surface area contributed by atoms with Gasteiger partial charge in [-0.25, -0.2) is 0 Å². The first-order valence-corrected chi connectivity index (χ1v) is 9.22. The zero-order valence-electron chi connectivity index (χ0n) is 14.5. The van der Waals surface area contributed by atoms with Gasteiger partial charge in [-0.2, -0.15) is 0 Å². The molecule has 0 aliphatic carbocycles. The molecule has 1 aliphatic heterocycles. The Hall–Kier alpha value is -0.380. The van der Waals surface area contributed by atoms with Crippen LogP contribution in [0, 0.1) is 5.41 Å². The van der Waals surface area contributed by atoms with Crippen LogP contribution >= 0.6 is 11.3 Å². The van der Waals surface area contributed by atoms with E-state index in [2.05, 4.69) is 56.3 Å². The normalized spacial score (nSPS) is 19.3. The minimum atomic E-state index is 0.206. The van der Waals surface area contributed by atoms with E-state index < -0.39 is 0 Å². The Morgan fingerprint density at radius 2 is 2.05 bits per heavy atom. The van der Waals surface area contributed by atoms with E-state index in [0.717, 1.165) is 13.1 Å². The number of fused-ring (bicyclic) bond motifs is 1. The summed E-state index contributed by atoms with van der Waals surface area (Å²) in [5.41, 5.74) is 2.14. The minimum absolute atomic E-state index is 0.206. The quantitative estimate of drug-likeness (QED) is 0.843. The van der Waals surface area contributed by atoms with Gasteiger partial charge in [-0.3, -0.25) is 4.90 Å². The molecule has 0 amide bonds. The second-order valence-electron chi connectivity index (χ2n) is 7.99. The fourth-order valence-corrected chi connectivity index (χ4v) is 4.18. The van der Waals surface area contributed by atoms with Crippen molar-refractivity contribution in [3.8, 4) is 0 Å². The largest absolute Gasteiger partial charge is 0.311 e. The van der Waals surface area contributed by atoms with Crippen molar-refractivity contribution < 1.29 is 0 Å². The van der Waals surface area contributed by atoms with Gasteiger partial charge in [0.1, 0.15) is 0 Å². The molecule has 0 spiro atoms. The summed E-state index contributed by atoms with van der Waals surface area (Å²) in [5.74, 6) is 0. The molecule has 3 heteroatoms. The van der Waals surface area contributed by atoms with Gasteiger partial charge in [-0.1, -0.05) is 20.3 Å². The van der Waals surface area contributed by atoms with Crippen molar-refractivity contribution in [2.75, 3.05) is 19.6 Å². The molecular weight excluding hydrogens is 276 g/mol. The second kappa shape index (κ2) is 6.80. The van der Waals surface area contributed by atoms with Crippen LogP contribution in [0.5, 0.6) is 0 Å². The van der Waals surface area contributed by atoms with E-state index in [-0.39, 0.29) is 5.54 Å². The summed E-state index contributed by atoms with van der Waals surface area (Å²) in [6.45, 7) is 16.2. The van der Waals surface area contributed by atoms with Gasteiger partial charge in [0.05, 0.1) is 0 Å². The van der Waals surface area contributed by atoms with Gasteiger partial charge in [0.2, 0.25) is 0 Å². The summed E-state index contributed by atoms with van der Waals surface area (Å²) in [6, 6.07) is 2.32. The number of hydrogen-bond acceptors (Lipinski definition) is 3. The zero-order chi connectivity index (χ0) is 15.5. The van der Waals surface area contributed by atoms with Crippen molar-refractivity contribution in [1.82, 2.24) is 10.2 Å². The third kappa shape index (κ3) is 5.08. The molecule has 1 aromatic heterocycles. The Morgan fingerprint density at radius 1 is 1.29 bits per heavy atom. The molecule has 0 bridgehead atoms. The van der Waals surface area contributed by atoms with Crippen molar-refractivity contribution in [1.29, 1.82) is 0 Å². The van der Waals surface area contributed by atoms with Gasteiger partial charge in [-0.05, 0) is 56.0 Å². The summed E-state index contributed by atoms with van der Waals surface area (Å²) in [5, 5.41) is 5.98. The van der Waals surface area contributed by atoms with Gasteiger partial charge in [0, 0.05) is 36.6 Å². The third-order valence-electron chi connectivity index (χ3n) is 4.39. The topological polar surface area (TPSA) is 15.3 Å². The second-order valence-corrected chi connectivity index (χ2v) is 8.99. The van der Waals surface area contributed by atoms with E-state index in [0.29, 0.717) is 5.41 Å². The maximum atomic E-state index is 3.73. The van der Waals surface area contributed by atoms with E-state index in [1.165, 1.54) is 32.4 Å². The van der Waals surface area contributed by atoms with Gasteiger partial charge >= 0.3 is 0 Å². The molecule has 2 heterocycles. The third-order valence-corrected chi connectivity index (χ3v) is 5.41. The molecule has 2 nitrogen and oxygen atoms in total. The lowest BCUT2D eigenvalue weighted by atomic mass is 9.83. The molecular formula is C18H32N2S. The Labute approximate surface area is 134 Å². The SMILES string of the molecule is CCCC(C)(CNC(C)(C)C)CN1CCc2sccc2C1. The molecule has 0 fully saturated rings. The molecule has 21 heavy (non-hydrogen) atoms. The standard InChI is InChI=1S/C18H32N2S/c1-6-9-18(5,13-19-17(2,3)4)14-20-10-7-16-15(12-20)8-11-21-16/h8,11,19H,6-7,9-10,12-14H2,1-5H3. The molecule has 1 N–H and O–H groups in total. The molecule has 0 saturated carbocycles. The van der Waals surface area contributed by atoms with Gasteiger partial charge in [0.25, 0.3) is 0 Å². The number of nitrogens with zero attached hydrogens (tertiary/aromatic N) is 1. The van der Waals surface area contributed by atoms with Crippen LogP contribution in [-0.4, -0.2) is 30.1 Å². The van der Waals surface area contributed by atoms with Crippen molar-refractivity contribution in [3.63, 3.8) is 0 Å². The first-order chi connectivity index (χ1) is 9.81. The molecule has 2 rings (SSSR count). The molecule has 1 unspecified atom stereocenters. The zero-order valence-corrected chi connectivity index (χ0v) is 15.3. The molecule has 0 aromatic carbocycles. The van der Waals surface area contributed by atoms with Crippen LogP contribution in [0.2, 0.25) is 0 Å². The highest BCUT2D eigenvalue weighted by Gasteiger charge is 2.29. The first-order valence-electron chi connectivity index (χ1n) is 8.34. The van der Waals surface area contributed by atoms with Crippen LogP contribution in [0.3, 0.4) is 0 Å². The van der Waals surface area contributed by atoms with Gasteiger partial charge in [-0.15, -0.1) is 11.3 Å². The molecule has 1 atom stereocenters. The van der Waals surface area contributed by atoms with Crippen LogP contribution in [0.4, 0.5) is 0 Å². The Bertz CT molecular complexity index is 446. The van der Waals surface area contributed by atoms with Crippen LogP contribution in [-0.2, 0) is 13.0 Å². The van der Waals surface area contributed by atoms with Crippen LogP contribution in [0.25, 0.3) is 0 Å². The maximum absolute atomic E-state index is 3.73. The number of hydrogen-bond donors (Lipinski definition) is 1. The summed E-state index contributed by atoms with van der Waals surface area (Å²) < 4.78 is 0. The summed E-state index contributed by atoms with van der Waals surface area (Å²) >= 11 is 1.93. The van der Waals surface area contributed by atoms with Crippen molar-refractivity contribution in [2.45, 2.75) is 66.0 Å². The number of rotatable bonds is 6. The highest BCUT2D eigenvalue weighted by atomic mass is 32.1. The van der Waals surface area contributed by atoms with E-state index >= 15 is 0 Å². The predicted octanol–water partition coefficient (Wildman–Crippen LogP) is 4.30. The summed E-state index contributed by atoms with van der Waals surface area (Å²) in [4.78, 5) is 4.27. The Balaban J connectivity index is 1.96. The maximum Gasteiger partial charge on any atom is 0.0245 e. The lowest BCUT2D eigenvalue weighted by Crippen LogP contribution is -2.48. The average molecular weight is 309 g/mol. The van der Waals surface area contributed by atoms with Gasteiger partial charge < -0.3 is 5.32 Å². The van der Waals surface area contributed by atoms with Crippen LogP contribution in [0.15, 0.2) is 11.4 Å². The highest BCUT2D eigenvalue weighted by Crippen LogP contribution is 2.29. The number of thiophene rings is 1. The van der Waals surface area contributed by atoms with Crippen molar-refractivity contribution >= 4 is 11.3 Å². The lowest BCUT2D eigenvalue weighted by Gasteiger charge is -2.39. The van der Waals surface area contributed by atoms with E-state index in [4.69, 9.17) is 0 Å². The number of nitrogens with one attached hydrogen (secondary N) is 1. The van der Waals surface area contributed by atoms with E-state index in [1.54, 1.807) is 10.4 Å². The molecule has 0 saturated heterocycles. The van der Waals surface area contributed by atoms with Crippen molar-refractivity contribution in [2.24, 2.45) is 5.41 Å². The average Bonchev–Trinajstić information content (AvgIpc) is 2.83. The van der Waals surface area contributed by atoms with Crippen LogP contribution in [0.1, 0.15) is 57.9 Å². The summed E-state index contributed by atoms with van der Waals surface area (Å²) in [7, 11) is 0. The Morgan fingerprint density at radius 3 is 2.71 bits per heavy atom. The van der Waals surface area contributed by atoms with Gasteiger partial charge in [0.15, 0.2) is 0 Å². The molecule has 0 radical (unpaired) electrons. The predicted molar refractivity (Wildman–Crippen MR) is 94.1 cm³/mol. The first kappa shape index (κ1) is 17.0. The fourth-order valence-electron chi connectivity index (χ4n) is 3.29. The van der Waals surface area contributed by atoms with E-state index in [9.17, 15) is 0 Å².